The standard InChI is InChI=1S/C6H15N.C5H10O/c1-3-5-7-6-4-2;1-2-4-6-5-3-1/h7H,3-6H2,1-2H3;1-5H2. The van der Waals surface area contributed by atoms with Crippen LogP contribution >= 0.6 is 0 Å². The summed E-state index contributed by atoms with van der Waals surface area (Å²) in [6.07, 6.45) is 6.43. The Labute approximate surface area is 83.1 Å². The summed E-state index contributed by atoms with van der Waals surface area (Å²) < 4.78 is 5.07. The molecule has 1 N–H and O–H groups in total. The van der Waals surface area contributed by atoms with Crippen molar-refractivity contribution in [3.63, 3.8) is 0 Å². The van der Waals surface area contributed by atoms with E-state index in [9.17, 15) is 0 Å². The molecular weight excluding hydrogens is 162 g/mol. The third-order valence-corrected chi connectivity index (χ3v) is 1.93. The van der Waals surface area contributed by atoms with Gasteiger partial charge in [0.05, 0.1) is 0 Å². The molecule has 1 aliphatic rings. The van der Waals surface area contributed by atoms with Crippen molar-refractivity contribution < 1.29 is 4.74 Å². The SMILES string of the molecule is C1CCOCC1.CCCNCCC. The van der Waals surface area contributed by atoms with E-state index in [-0.39, 0.29) is 0 Å². The van der Waals surface area contributed by atoms with E-state index in [0.717, 1.165) is 13.2 Å². The zero-order chi connectivity index (χ0) is 9.78. The van der Waals surface area contributed by atoms with Crippen molar-refractivity contribution in [3.05, 3.63) is 0 Å². The molecule has 1 aliphatic heterocycles. The number of ether oxygens (including phenoxy) is 1. The Morgan fingerprint density at radius 2 is 1.46 bits per heavy atom. The fourth-order valence-electron chi connectivity index (χ4n) is 1.17. The zero-order valence-corrected chi connectivity index (χ0v) is 9.27. The molecular formula is C11H25NO. The number of hydrogen-bond acceptors (Lipinski definition) is 2. The van der Waals surface area contributed by atoms with E-state index < -0.39 is 0 Å². The van der Waals surface area contributed by atoms with Crippen molar-refractivity contribution in [3.8, 4) is 0 Å². The van der Waals surface area contributed by atoms with Crippen LogP contribution in [-0.2, 0) is 4.74 Å². The lowest BCUT2D eigenvalue weighted by Gasteiger charge is -2.08. The van der Waals surface area contributed by atoms with Crippen molar-refractivity contribution >= 4 is 0 Å². The Bertz CT molecular complexity index is 66.6. The van der Waals surface area contributed by atoms with Crippen molar-refractivity contribution in [2.45, 2.75) is 46.0 Å². The third-order valence-electron chi connectivity index (χ3n) is 1.93. The van der Waals surface area contributed by atoms with Crippen molar-refractivity contribution in [1.29, 1.82) is 0 Å². The molecule has 0 aliphatic carbocycles. The normalized spacial score (nSPS) is 16.2. The van der Waals surface area contributed by atoms with Crippen LogP contribution in [-0.4, -0.2) is 26.3 Å². The average Bonchev–Trinajstić information content (AvgIpc) is 2.22. The molecule has 0 bridgehead atoms. The molecule has 13 heavy (non-hydrogen) atoms. The first-order valence-corrected chi connectivity index (χ1v) is 5.70. The second-order valence-electron chi connectivity index (χ2n) is 3.42. The monoisotopic (exact) mass is 187 g/mol. The highest BCUT2D eigenvalue weighted by Crippen LogP contribution is 2.02. The summed E-state index contributed by atoms with van der Waals surface area (Å²) in [6, 6.07) is 0. The first-order chi connectivity index (χ1) is 6.41. The summed E-state index contributed by atoms with van der Waals surface area (Å²) in [7, 11) is 0. The Kier molecular flexibility index (Phi) is 11.8. The molecule has 0 aromatic rings. The molecule has 1 fully saturated rings. The fraction of sp³-hybridized carbons (Fsp3) is 1.00. The molecule has 0 unspecified atom stereocenters. The first kappa shape index (κ1) is 12.9. The van der Waals surface area contributed by atoms with Crippen molar-refractivity contribution in [2.24, 2.45) is 0 Å². The predicted octanol–water partition coefficient (Wildman–Crippen LogP) is 2.58. The summed E-state index contributed by atoms with van der Waals surface area (Å²) in [4.78, 5) is 0. The second-order valence-corrected chi connectivity index (χ2v) is 3.42. The summed E-state index contributed by atoms with van der Waals surface area (Å²) >= 11 is 0. The van der Waals surface area contributed by atoms with Gasteiger partial charge in [-0.25, -0.2) is 0 Å². The lowest BCUT2D eigenvalue weighted by Crippen LogP contribution is -2.14. The Balaban J connectivity index is 0.000000223. The zero-order valence-electron chi connectivity index (χ0n) is 9.27. The van der Waals surface area contributed by atoms with Crippen molar-refractivity contribution in [2.75, 3.05) is 26.3 Å². The Morgan fingerprint density at radius 3 is 1.69 bits per heavy atom. The van der Waals surface area contributed by atoms with Crippen LogP contribution < -0.4 is 5.32 Å². The highest BCUT2D eigenvalue weighted by molar-refractivity contribution is 4.45. The van der Waals surface area contributed by atoms with Gasteiger partial charge >= 0.3 is 0 Å². The molecule has 2 nitrogen and oxygen atoms in total. The summed E-state index contributed by atoms with van der Waals surface area (Å²) in [6.45, 7) is 8.72. The van der Waals surface area contributed by atoms with Crippen LogP contribution in [0.5, 0.6) is 0 Å². The van der Waals surface area contributed by atoms with Crippen LogP contribution in [0.25, 0.3) is 0 Å². The van der Waals surface area contributed by atoms with Gasteiger partial charge in [-0.2, -0.15) is 0 Å². The quantitative estimate of drug-likeness (QED) is 0.683. The van der Waals surface area contributed by atoms with Gasteiger partial charge in [0.2, 0.25) is 0 Å². The average molecular weight is 187 g/mol. The van der Waals surface area contributed by atoms with Gasteiger partial charge in [0, 0.05) is 13.2 Å². The molecule has 0 aromatic heterocycles. The summed E-state index contributed by atoms with van der Waals surface area (Å²) in [5.41, 5.74) is 0. The van der Waals surface area contributed by atoms with Crippen LogP contribution in [0.1, 0.15) is 46.0 Å². The van der Waals surface area contributed by atoms with Crippen LogP contribution in [0.2, 0.25) is 0 Å². The van der Waals surface area contributed by atoms with Gasteiger partial charge in [-0.15, -0.1) is 0 Å². The van der Waals surface area contributed by atoms with Crippen LogP contribution in [0, 0.1) is 0 Å². The Morgan fingerprint density at radius 1 is 0.923 bits per heavy atom. The molecule has 1 saturated heterocycles. The molecule has 1 heterocycles. The van der Waals surface area contributed by atoms with Gasteiger partial charge in [-0.3, -0.25) is 0 Å². The molecule has 2 heteroatoms. The molecule has 1 rings (SSSR count). The van der Waals surface area contributed by atoms with Gasteiger partial charge in [0.15, 0.2) is 0 Å². The fourth-order valence-corrected chi connectivity index (χ4v) is 1.17. The number of nitrogens with one attached hydrogen (secondary N) is 1. The maximum atomic E-state index is 5.07. The number of rotatable bonds is 4. The van der Waals surface area contributed by atoms with Crippen LogP contribution in [0.15, 0.2) is 0 Å². The van der Waals surface area contributed by atoms with Gasteiger partial charge in [0.25, 0.3) is 0 Å². The Hall–Kier alpha value is -0.0800. The van der Waals surface area contributed by atoms with E-state index >= 15 is 0 Å². The smallest absolute Gasteiger partial charge is 0.0466 e. The highest BCUT2D eigenvalue weighted by atomic mass is 16.5. The maximum absolute atomic E-state index is 5.07. The van der Waals surface area contributed by atoms with E-state index in [2.05, 4.69) is 19.2 Å². The first-order valence-electron chi connectivity index (χ1n) is 5.70. The molecule has 0 aromatic carbocycles. The second kappa shape index (κ2) is 11.9. The van der Waals surface area contributed by atoms with E-state index in [1.807, 2.05) is 0 Å². The minimum atomic E-state index is 1.00. The van der Waals surface area contributed by atoms with Crippen LogP contribution in [0.4, 0.5) is 0 Å². The minimum absolute atomic E-state index is 1.00. The van der Waals surface area contributed by atoms with E-state index in [4.69, 9.17) is 4.74 Å². The minimum Gasteiger partial charge on any atom is -0.381 e. The summed E-state index contributed by atoms with van der Waals surface area (Å²) in [5, 5.41) is 3.28. The summed E-state index contributed by atoms with van der Waals surface area (Å²) in [5.74, 6) is 0. The van der Waals surface area contributed by atoms with Crippen molar-refractivity contribution in [1.82, 2.24) is 5.32 Å². The van der Waals surface area contributed by atoms with Crippen LogP contribution in [0.3, 0.4) is 0 Å². The topological polar surface area (TPSA) is 21.3 Å². The molecule has 80 valence electrons. The van der Waals surface area contributed by atoms with Gasteiger partial charge in [-0.1, -0.05) is 13.8 Å². The van der Waals surface area contributed by atoms with Gasteiger partial charge in [0.1, 0.15) is 0 Å². The maximum Gasteiger partial charge on any atom is 0.0466 e. The van der Waals surface area contributed by atoms with Gasteiger partial charge in [-0.05, 0) is 45.2 Å². The molecule has 0 saturated carbocycles. The molecule has 0 spiro atoms. The highest BCUT2D eigenvalue weighted by Gasteiger charge is 1.95. The van der Waals surface area contributed by atoms with E-state index in [0.29, 0.717) is 0 Å². The predicted molar refractivity (Wildman–Crippen MR) is 58.1 cm³/mol. The van der Waals surface area contributed by atoms with E-state index in [1.165, 1.54) is 45.2 Å². The molecule has 0 atom stereocenters. The lowest BCUT2D eigenvalue weighted by molar-refractivity contribution is 0.0968. The molecule has 0 radical (unpaired) electrons. The van der Waals surface area contributed by atoms with E-state index in [1.54, 1.807) is 0 Å². The number of hydrogen-bond donors (Lipinski definition) is 1. The molecule has 0 amide bonds. The lowest BCUT2D eigenvalue weighted by atomic mass is 10.2. The largest absolute Gasteiger partial charge is 0.381 e. The third kappa shape index (κ3) is 11.9. The van der Waals surface area contributed by atoms with Gasteiger partial charge < -0.3 is 10.1 Å².